The van der Waals surface area contributed by atoms with E-state index >= 15 is 0 Å². The molecule has 124 valence electrons. The van der Waals surface area contributed by atoms with Crippen molar-refractivity contribution < 1.29 is 4.74 Å². The van der Waals surface area contributed by atoms with Gasteiger partial charge in [-0.05, 0) is 49.3 Å². The highest BCUT2D eigenvalue weighted by molar-refractivity contribution is 14.0. The summed E-state index contributed by atoms with van der Waals surface area (Å²) in [7, 11) is 0. The fourth-order valence-corrected chi connectivity index (χ4v) is 2.52. The average molecular weight is 417 g/mol. The summed E-state index contributed by atoms with van der Waals surface area (Å²) in [6, 6.07) is 8.42. The van der Waals surface area contributed by atoms with Crippen molar-refractivity contribution in [2.45, 2.75) is 51.6 Å². The van der Waals surface area contributed by atoms with Gasteiger partial charge in [0.1, 0.15) is 0 Å². The Labute approximate surface area is 150 Å². The van der Waals surface area contributed by atoms with Crippen LogP contribution in [0, 0.1) is 0 Å². The van der Waals surface area contributed by atoms with E-state index in [4.69, 9.17) is 10.5 Å². The monoisotopic (exact) mass is 417 g/mol. The topological polar surface area (TPSA) is 59.6 Å². The zero-order chi connectivity index (χ0) is 15.1. The van der Waals surface area contributed by atoms with Crippen molar-refractivity contribution in [2.75, 3.05) is 18.5 Å². The number of ether oxygens (including phenoxy) is 1. The molecule has 1 aromatic carbocycles. The molecule has 2 unspecified atom stereocenters. The summed E-state index contributed by atoms with van der Waals surface area (Å²) in [5.74, 6) is 1.07. The summed E-state index contributed by atoms with van der Waals surface area (Å²) in [4.78, 5) is 4.36. The maximum atomic E-state index is 5.91. The Bertz CT molecular complexity index is 455. The lowest BCUT2D eigenvalue weighted by Gasteiger charge is -2.11. The first-order valence-corrected chi connectivity index (χ1v) is 7.97. The van der Waals surface area contributed by atoms with Gasteiger partial charge in [0.05, 0.1) is 6.10 Å². The van der Waals surface area contributed by atoms with E-state index in [0.29, 0.717) is 24.5 Å². The molecule has 5 heteroatoms. The molecule has 22 heavy (non-hydrogen) atoms. The lowest BCUT2D eigenvalue weighted by molar-refractivity contribution is 0.106. The van der Waals surface area contributed by atoms with Gasteiger partial charge < -0.3 is 15.8 Å². The molecule has 1 heterocycles. The van der Waals surface area contributed by atoms with E-state index < -0.39 is 0 Å². The number of benzene rings is 1. The number of nitrogens with zero attached hydrogens (tertiary/aromatic N) is 1. The summed E-state index contributed by atoms with van der Waals surface area (Å²) in [6.45, 7) is 6.05. The van der Waals surface area contributed by atoms with Gasteiger partial charge in [0.15, 0.2) is 5.96 Å². The van der Waals surface area contributed by atoms with Crippen molar-refractivity contribution in [3.8, 4) is 0 Å². The van der Waals surface area contributed by atoms with E-state index in [9.17, 15) is 0 Å². The zero-order valence-corrected chi connectivity index (χ0v) is 15.9. The Morgan fingerprint density at radius 3 is 2.73 bits per heavy atom. The fraction of sp³-hybridized carbons (Fsp3) is 0.588. The Morgan fingerprint density at radius 1 is 1.41 bits per heavy atom. The Hall–Kier alpha value is -0.820. The predicted molar refractivity (Wildman–Crippen MR) is 104 cm³/mol. The number of hydrogen-bond donors (Lipinski definition) is 2. The van der Waals surface area contributed by atoms with Gasteiger partial charge >= 0.3 is 0 Å². The summed E-state index contributed by atoms with van der Waals surface area (Å²) in [5, 5.41) is 3.14. The van der Waals surface area contributed by atoms with Crippen molar-refractivity contribution in [3.05, 3.63) is 29.8 Å². The summed E-state index contributed by atoms with van der Waals surface area (Å²) in [6.07, 6.45) is 4.80. The van der Waals surface area contributed by atoms with Crippen LogP contribution in [0.3, 0.4) is 0 Å². The number of halogens is 1. The number of hydrogen-bond acceptors (Lipinski definition) is 2. The molecule has 0 spiro atoms. The normalized spacial score (nSPS) is 19.5. The molecule has 1 fully saturated rings. The van der Waals surface area contributed by atoms with Crippen molar-refractivity contribution in [2.24, 2.45) is 10.7 Å². The second kappa shape index (κ2) is 10.0. The number of guanidine groups is 1. The number of nitrogens with two attached hydrogens (primary N) is 1. The second-order valence-electron chi connectivity index (χ2n) is 5.75. The van der Waals surface area contributed by atoms with E-state index in [1.54, 1.807) is 0 Å². The van der Waals surface area contributed by atoms with Crippen molar-refractivity contribution in [3.63, 3.8) is 0 Å². The van der Waals surface area contributed by atoms with Crippen LogP contribution in [0.2, 0.25) is 0 Å². The van der Waals surface area contributed by atoms with Crippen molar-refractivity contribution in [1.82, 2.24) is 0 Å². The van der Waals surface area contributed by atoms with Crippen LogP contribution in [0.5, 0.6) is 0 Å². The second-order valence-corrected chi connectivity index (χ2v) is 5.75. The van der Waals surface area contributed by atoms with Crippen LogP contribution in [0.15, 0.2) is 29.3 Å². The minimum atomic E-state index is 0. The molecule has 0 aromatic heterocycles. The third kappa shape index (κ3) is 6.12. The largest absolute Gasteiger partial charge is 0.378 e. The van der Waals surface area contributed by atoms with Crippen LogP contribution >= 0.6 is 24.0 Å². The molecule has 1 aliphatic heterocycles. The van der Waals surface area contributed by atoms with E-state index in [2.05, 4.69) is 48.4 Å². The molecule has 0 radical (unpaired) electrons. The van der Waals surface area contributed by atoms with Crippen molar-refractivity contribution >= 4 is 35.6 Å². The molecule has 1 aromatic rings. The van der Waals surface area contributed by atoms with Gasteiger partial charge in [0, 0.05) is 18.8 Å². The van der Waals surface area contributed by atoms with E-state index in [1.807, 2.05) is 0 Å². The molecule has 0 aliphatic carbocycles. The number of anilines is 1. The highest BCUT2D eigenvalue weighted by atomic mass is 127. The zero-order valence-electron chi connectivity index (χ0n) is 13.5. The van der Waals surface area contributed by atoms with Crippen LogP contribution in [-0.4, -0.2) is 25.2 Å². The maximum absolute atomic E-state index is 5.91. The van der Waals surface area contributed by atoms with Gasteiger partial charge in [-0.2, -0.15) is 0 Å². The van der Waals surface area contributed by atoms with Gasteiger partial charge in [0.25, 0.3) is 0 Å². The van der Waals surface area contributed by atoms with Crippen LogP contribution in [0.25, 0.3) is 0 Å². The minimum absolute atomic E-state index is 0. The maximum Gasteiger partial charge on any atom is 0.193 e. The molecule has 0 saturated carbocycles. The van der Waals surface area contributed by atoms with Crippen LogP contribution in [0.1, 0.15) is 51.0 Å². The fourth-order valence-electron chi connectivity index (χ4n) is 2.52. The Kier molecular flexibility index (Phi) is 8.78. The minimum Gasteiger partial charge on any atom is -0.378 e. The molecule has 4 nitrogen and oxygen atoms in total. The first kappa shape index (κ1) is 19.2. The summed E-state index contributed by atoms with van der Waals surface area (Å²) < 4.78 is 5.57. The first-order valence-electron chi connectivity index (χ1n) is 7.97. The van der Waals surface area contributed by atoms with E-state index in [-0.39, 0.29) is 24.0 Å². The summed E-state index contributed by atoms with van der Waals surface area (Å²) >= 11 is 0. The molecular formula is C17H28IN3O. The highest BCUT2D eigenvalue weighted by Crippen LogP contribution is 2.20. The average Bonchev–Trinajstić information content (AvgIpc) is 3.00. The molecule has 1 saturated heterocycles. The van der Waals surface area contributed by atoms with E-state index in [1.165, 1.54) is 12.0 Å². The SMILES string of the molecule is CCC(C)c1ccc(NC(N)=NCCC2CCCO2)cc1.I. The lowest BCUT2D eigenvalue weighted by atomic mass is 9.99. The molecule has 0 bridgehead atoms. The van der Waals surface area contributed by atoms with Gasteiger partial charge in [0.2, 0.25) is 0 Å². The van der Waals surface area contributed by atoms with Gasteiger partial charge in [-0.15, -0.1) is 24.0 Å². The molecular weight excluding hydrogens is 389 g/mol. The van der Waals surface area contributed by atoms with Crippen LogP contribution in [0.4, 0.5) is 5.69 Å². The van der Waals surface area contributed by atoms with Gasteiger partial charge in [-0.25, -0.2) is 0 Å². The van der Waals surface area contributed by atoms with Gasteiger partial charge in [-0.1, -0.05) is 26.0 Å². The van der Waals surface area contributed by atoms with Crippen LogP contribution < -0.4 is 11.1 Å². The Balaban J connectivity index is 0.00000242. The number of rotatable bonds is 6. The molecule has 0 amide bonds. The molecule has 2 atom stereocenters. The summed E-state index contributed by atoms with van der Waals surface area (Å²) in [5.41, 5.74) is 8.26. The third-order valence-electron chi connectivity index (χ3n) is 4.12. The van der Waals surface area contributed by atoms with Crippen molar-refractivity contribution in [1.29, 1.82) is 0 Å². The smallest absolute Gasteiger partial charge is 0.193 e. The predicted octanol–water partition coefficient (Wildman–Crippen LogP) is 4.11. The lowest BCUT2D eigenvalue weighted by Crippen LogP contribution is -2.23. The first-order chi connectivity index (χ1) is 10.2. The molecule has 2 rings (SSSR count). The molecule has 1 aliphatic rings. The standard InChI is InChI=1S/C17H27N3O.HI/c1-3-13(2)14-6-8-15(9-7-14)20-17(18)19-11-10-16-5-4-12-21-16;/h6-9,13,16H,3-5,10-12H2,1-2H3,(H3,18,19,20);1H. The number of nitrogens with one attached hydrogen (secondary N) is 1. The Morgan fingerprint density at radius 2 is 2.14 bits per heavy atom. The quantitative estimate of drug-likeness (QED) is 0.416. The highest BCUT2D eigenvalue weighted by Gasteiger charge is 2.14. The van der Waals surface area contributed by atoms with Gasteiger partial charge in [-0.3, -0.25) is 4.99 Å². The molecule has 3 N–H and O–H groups in total. The van der Waals surface area contributed by atoms with Crippen LogP contribution in [-0.2, 0) is 4.74 Å². The van der Waals surface area contributed by atoms with E-state index in [0.717, 1.165) is 31.6 Å². The number of aliphatic imine (C=N–C) groups is 1. The third-order valence-corrected chi connectivity index (χ3v) is 4.12.